The van der Waals surface area contributed by atoms with Gasteiger partial charge in [0, 0.05) is 4.90 Å². The molecule has 0 saturated heterocycles. The van der Waals surface area contributed by atoms with E-state index in [2.05, 4.69) is 0 Å². The Hall–Kier alpha value is -1.17. The van der Waals surface area contributed by atoms with Gasteiger partial charge in [0.2, 0.25) is 5.91 Å². The zero-order valence-electron chi connectivity index (χ0n) is 8.25. The highest BCUT2D eigenvalue weighted by Crippen LogP contribution is 2.17. The molecule has 0 radical (unpaired) electrons. The van der Waals surface area contributed by atoms with Crippen LogP contribution in [0.3, 0.4) is 0 Å². The van der Waals surface area contributed by atoms with Crippen LogP contribution in [0.4, 0.5) is 13.2 Å². The number of rotatable bonds is 4. The van der Waals surface area contributed by atoms with Crippen molar-refractivity contribution in [1.82, 2.24) is 5.32 Å². The van der Waals surface area contributed by atoms with Crippen molar-refractivity contribution in [3.8, 4) is 0 Å². The van der Waals surface area contributed by atoms with Gasteiger partial charge in [-0.25, -0.2) is 0 Å². The van der Waals surface area contributed by atoms with Crippen molar-refractivity contribution >= 4 is 17.7 Å². The average Bonchev–Trinajstić information content (AvgIpc) is 2.24. The number of hydrogen-bond acceptors (Lipinski definition) is 2. The second kappa shape index (κ2) is 5.79. The molecule has 0 aromatic heterocycles. The third-order valence-electron chi connectivity index (χ3n) is 1.60. The molecule has 0 aliphatic heterocycles. The molecular weight excluding hydrogens is 239 g/mol. The van der Waals surface area contributed by atoms with Crippen LogP contribution in [0.15, 0.2) is 35.2 Å². The maximum Gasteiger partial charge on any atom is 0.405 e. The molecule has 0 aliphatic carbocycles. The van der Waals surface area contributed by atoms with Crippen molar-refractivity contribution in [2.24, 2.45) is 0 Å². The summed E-state index contributed by atoms with van der Waals surface area (Å²) in [5, 5.41) is 1.81. The van der Waals surface area contributed by atoms with E-state index in [1.165, 1.54) is 11.8 Å². The molecule has 0 aliphatic rings. The average molecular weight is 249 g/mol. The van der Waals surface area contributed by atoms with Crippen LogP contribution in [0, 0.1) is 0 Å². The van der Waals surface area contributed by atoms with Crippen molar-refractivity contribution in [3.63, 3.8) is 0 Å². The van der Waals surface area contributed by atoms with Gasteiger partial charge in [0.25, 0.3) is 0 Å². The largest absolute Gasteiger partial charge is 0.405 e. The molecule has 1 rings (SSSR count). The molecule has 0 bridgehead atoms. The quantitative estimate of drug-likeness (QED) is 0.830. The van der Waals surface area contributed by atoms with E-state index >= 15 is 0 Å². The van der Waals surface area contributed by atoms with Crippen molar-refractivity contribution in [2.45, 2.75) is 11.1 Å². The lowest BCUT2D eigenvalue weighted by molar-refractivity contribution is -0.136. The van der Waals surface area contributed by atoms with Gasteiger partial charge in [-0.3, -0.25) is 4.79 Å². The molecule has 0 spiro atoms. The fraction of sp³-hybridized carbons (Fsp3) is 0.300. The van der Waals surface area contributed by atoms with Gasteiger partial charge in [-0.05, 0) is 12.1 Å². The molecule has 1 amide bonds. The number of carbonyl (C=O) groups is 1. The number of carbonyl (C=O) groups excluding carboxylic acids is 1. The maximum absolute atomic E-state index is 11.8. The molecule has 0 saturated carbocycles. The minimum absolute atomic E-state index is 0.0138. The molecule has 6 heteroatoms. The van der Waals surface area contributed by atoms with Crippen LogP contribution in [0.25, 0.3) is 0 Å². The van der Waals surface area contributed by atoms with Gasteiger partial charge in [-0.2, -0.15) is 13.2 Å². The minimum atomic E-state index is -4.35. The number of hydrogen-bond donors (Lipinski definition) is 1. The van der Waals surface area contributed by atoms with Gasteiger partial charge in [0.05, 0.1) is 5.75 Å². The number of amides is 1. The molecule has 2 nitrogen and oxygen atoms in total. The standard InChI is InChI=1S/C10H10F3NOS/c11-10(12,13)7-14-9(15)6-16-8-4-2-1-3-5-8/h1-5H,6-7H2,(H,14,15). The number of alkyl halides is 3. The highest BCUT2D eigenvalue weighted by molar-refractivity contribution is 8.00. The molecule has 88 valence electrons. The zero-order valence-corrected chi connectivity index (χ0v) is 9.07. The summed E-state index contributed by atoms with van der Waals surface area (Å²) in [5.41, 5.74) is 0. The van der Waals surface area contributed by atoms with Crippen LogP contribution in [0.2, 0.25) is 0 Å². The highest BCUT2D eigenvalue weighted by atomic mass is 32.2. The molecule has 0 fully saturated rings. The third kappa shape index (κ3) is 5.65. The Bertz CT molecular complexity index is 340. The fourth-order valence-corrected chi connectivity index (χ4v) is 1.66. The fourth-order valence-electron chi connectivity index (χ4n) is 0.915. The van der Waals surface area contributed by atoms with Crippen LogP contribution < -0.4 is 5.32 Å². The summed E-state index contributed by atoms with van der Waals surface area (Å²) in [5.74, 6) is -0.633. The first-order valence-electron chi connectivity index (χ1n) is 4.49. The SMILES string of the molecule is O=C(CSc1ccccc1)NCC(F)(F)F. The normalized spacial score (nSPS) is 11.2. The lowest BCUT2D eigenvalue weighted by Crippen LogP contribution is -2.34. The number of nitrogens with one attached hydrogen (secondary N) is 1. The molecule has 1 aromatic rings. The van der Waals surface area contributed by atoms with Gasteiger partial charge < -0.3 is 5.32 Å². The Morgan fingerprint density at radius 2 is 1.88 bits per heavy atom. The van der Waals surface area contributed by atoms with E-state index < -0.39 is 18.6 Å². The van der Waals surface area contributed by atoms with Gasteiger partial charge >= 0.3 is 6.18 Å². The molecule has 0 heterocycles. The summed E-state index contributed by atoms with van der Waals surface area (Å²) < 4.78 is 35.3. The van der Waals surface area contributed by atoms with Crippen molar-refractivity contribution in [1.29, 1.82) is 0 Å². The van der Waals surface area contributed by atoms with Gasteiger partial charge in [-0.1, -0.05) is 18.2 Å². The zero-order chi connectivity index (χ0) is 12.0. The van der Waals surface area contributed by atoms with E-state index in [1.54, 1.807) is 24.3 Å². The van der Waals surface area contributed by atoms with E-state index in [4.69, 9.17) is 0 Å². The lowest BCUT2D eigenvalue weighted by atomic mass is 10.4. The topological polar surface area (TPSA) is 29.1 Å². The van der Waals surface area contributed by atoms with Crippen molar-refractivity contribution in [2.75, 3.05) is 12.3 Å². The monoisotopic (exact) mass is 249 g/mol. The summed E-state index contributed by atoms with van der Waals surface area (Å²) in [6, 6.07) is 9.02. The van der Waals surface area contributed by atoms with Gasteiger partial charge in [0.15, 0.2) is 0 Å². The van der Waals surface area contributed by atoms with Crippen LogP contribution in [0.1, 0.15) is 0 Å². The second-order valence-corrected chi connectivity index (χ2v) is 4.04. The maximum atomic E-state index is 11.8. The van der Waals surface area contributed by atoms with E-state index in [0.717, 1.165) is 4.90 Å². The summed E-state index contributed by atoms with van der Waals surface area (Å²) in [6.07, 6.45) is -4.35. The second-order valence-electron chi connectivity index (χ2n) is 2.99. The summed E-state index contributed by atoms with van der Waals surface area (Å²) in [7, 11) is 0. The minimum Gasteiger partial charge on any atom is -0.346 e. The smallest absolute Gasteiger partial charge is 0.346 e. The molecule has 1 aromatic carbocycles. The van der Waals surface area contributed by atoms with E-state index in [0.29, 0.717) is 0 Å². The van der Waals surface area contributed by atoms with Crippen LogP contribution in [0.5, 0.6) is 0 Å². The Morgan fingerprint density at radius 1 is 1.25 bits per heavy atom. The van der Waals surface area contributed by atoms with E-state index in [9.17, 15) is 18.0 Å². The Balaban J connectivity index is 2.26. The molecular formula is C10H10F3NOS. The van der Waals surface area contributed by atoms with E-state index in [-0.39, 0.29) is 5.75 Å². The lowest BCUT2D eigenvalue weighted by Gasteiger charge is -2.07. The summed E-state index contributed by atoms with van der Waals surface area (Å²) in [6.45, 7) is -1.28. The van der Waals surface area contributed by atoms with Gasteiger partial charge in [-0.15, -0.1) is 11.8 Å². The van der Waals surface area contributed by atoms with Crippen molar-refractivity contribution in [3.05, 3.63) is 30.3 Å². The first-order valence-corrected chi connectivity index (χ1v) is 5.47. The van der Waals surface area contributed by atoms with Crippen molar-refractivity contribution < 1.29 is 18.0 Å². The number of halogens is 3. The predicted octanol–water partition coefficient (Wildman–Crippen LogP) is 2.46. The van der Waals surface area contributed by atoms with E-state index in [1.807, 2.05) is 11.4 Å². The molecule has 0 atom stereocenters. The predicted molar refractivity (Wildman–Crippen MR) is 56.2 cm³/mol. The Kier molecular flexibility index (Phi) is 4.67. The molecule has 0 unspecified atom stereocenters. The van der Waals surface area contributed by atoms with Gasteiger partial charge in [0.1, 0.15) is 6.54 Å². The molecule has 16 heavy (non-hydrogen) atoms. The van der Waals surface area contributed by atoms with Crippen LogP contribution in [-0.4, -0.2) is 24.4 Å². The first-order chi connectivity index (χ1) is 7.47. The third-order valence-corrected chi connectivity index (χ3v) is 2.61. The van der Waals surface area contributed by atoms with Crippen LogP contribution in [-0.2, 0) is 4.79 Å². The Morgan fingerprint density at radius 3 is 2.44 bits per heavy atom. The summed E-state index contributed by atoms with van der Waals surface area (Å²) >= 11 is 1.20. The molecule has 1 N–H and O–H groups in total. The highest BCUT2D eigenvalue weighted by Gasteiger charge is 2.27. The summed E-state index contributed by atoms with van der Waals surface area (Å²) in [4.78, 5) is 11.9. The Labute approximate surface area is 95.2 Å². The van der Waals surface area contributed by atoms with Crippen LogP contribution >= 0.6 is 11.8 Å². The first kappa shape index (κ1) is 12.9. The number of benzene rings is 1. The number of thioether (sulfide) groups is 1.